The fraction of sp³-hybridized carbons (Fsp3) is 0.312. The van der Waals surface area contributed by atoms with E-state index in [1.54, 1.807) is 29.2 Å². The second-order valence-corrected chi connectivity index (χ2v) is 9.72. The van der Waals surface area contributed by atoms with Crippen molar-refractivity contribution in [1.29, 1.82) is 0 Å². The number of sulfonamides is 1. The summed E-state index contributed by atoms with van der Waals surface area (Å²) < 4.78 is 29.7. The molecule has 2 N–H and O–H groups in total. The van der Waals surface area contributed by atoms with E-state index in [0.717, 1.165) is 23.4 Å². The smallest absolute Gasteiger partial charge is 0.265 e. The third-order valence-electron chi connectivity index (χ3n) is 4.27. The van der Waals surface area contributed by atoms with E-state index < -0.39 is 10.0 Å². The monoisotopic (exact) mass is 396 g/mol. The normalized spacial score (nSPS) is 16.7. The molecule has 0 saturated carbocycles. The van der Waals surface area contributed by atoms with Gasteiger partial charge < -0.3 is 4.98 Å². The molecule has 9 heteroatoms. The lowest BCUT2D eigenvalue weighted by Gasteiger charge is -2.37. The van der Waals surface area contributed by atoms with Crippen molar-refractivity contribution in [3.8, 4) is 0 Å². The molecule has 3 aromatic rings. The number of rotatable bonds is 5. The van der Waals surface area contributed by atoms with Crippen LogP contribution >= 0.6 is 23.4 Å². The van der Waals surface area contributed by atoms with Crippen molar-refractivity contribution in [1.82, 2.24) is 14.8 Å². The first-order chi connectivity index (χ1) is 11.9. The molecular formula is C16H17ClN4O2S2. The summed E-state index contributed by atoms with van der Waals surface area (Å²) in [6.07, 6.45) is 4.61. The molecule has 0 unspecified atom stereocenters. The number of fused-ring (bicyclic) bond motifs is 1. The maximum Gasteiger partial charge on any atom is 0.265 e. The summed E-state index contributed by atoms with van der Waals surface area (Å²) in [6.45, 7) is 2.91. The van der Waals surface area contributed by atoms with Gasteiger partial charge in [0.15, 0.2) is 0 Å². The number of nitrogens with zero attached hydrogens (tertiary/aromatic N) is 2. The summed E-state index contributed by atoms with van der Waals surface area (Å²) in [5, 5.41) is 5.54. The van der Waals surface area contributed by atoms with Crippen LogP contribution in [0.2, 0.25) is 5.02 Å². The summed E-state index contributed by atoms with van der Waals surface area (Å²) in [7, 11) is -3.72. The maximum absolute atomic E-state index is 12.7. The van der Waals surface area contributed by atoms with E-state index >= 15 is 0 Å². The first-order valence-corrected chi connectivity index (χ1v) is 10.8. The van der Waals surface area contributed by atoms with E-state index in [1.165, 1.54) is 6.20 Å². The van der Waals surface area contributed by atoms with Crippen LogP contribution in [-0.2, 0) is 16.6 Å². The van der Waals surface area contributed by atoms with E-state index in [9.17, 15) is 8.42 Å². The predicted molar refractivity (Wildman–Crippen MR) is 102 cm³/mol. The Morgan fingerprint density at radius 2 is 2.24 bits per heavy atom. The second kappa shape index (κ2) is 5.96. The first kappa shape index (κ1) is 16.8. The van der Waals surface area contributed by atoms with Crippen molar-refractivity contribution in [2.24, 2.45) is 5.41 Å². The van der Waals surface area contributed by atoms with E-state index in [4.69, 9.17) is 11.6 Å². The van der Waals surface area contributed by atoms with Gasteiger partial charge in [-0.15, -0.1) is 0 Å². The zero-order valence-electron chi connectivity index (χ0n) is 13.5. The van der Waals surface area contributed by atoms with Crippen molar-refractivity contribution >= 4 is 50.0 Å². The zero-order chi connectivity index (χ0) is 17.7. The standard InChI is InChI=1S/C16H17ClN4O2S2/c1-16(9-24-10-16)8-21-7-11(5-19-21)25(22,23)20-14-4-2-3-12-13(17)6-18-15(12)14/h2-7,18,20H,8-10H2,1H3. The Bertz CT molecular complexity index is 1040. The van der Waals surface area contributed by atoms with Crippen LogP contribution in [0.5, 0.6) is 0 Å². The van der Waals surface area contributed by atoms with Gasteiger partial charge in [-0.3, -0.25) is 9.40 Å². The molecule has 132 valence electrons. The summed E-state index contributed by atoms with van der Waals surface area (Å²) in [4.78, 5) is 3.15. The Morgan fingerprint density at radius 1 is 1.44 bits per heavy atom. The molecule has 6 nitrogen and oxygen atoms in total. The fourth-order valence-electron chi connectivity index (χ4n) is 2.91. The summed E-state index contributed by atoms with van der Waals surface area (Å²) >= 11 is 7.99. The highest BCUT2D eigenvalue weighted by Gasteiger charge is 2.33. The average molecular weight is 397 g/mol. The molecule has 0 aliphatic carbocycles. The Kier molecular flexibility index (Phi) is 4.01. The lowest BCUT2D eigenvalue weighted by molar-refractivity contribution is 0.321. The van der Waals surface area contributed by atoms with Crippen LogP contribution < -0.4 is 4.72 Å². The van der Waals surface area contributed by atoms with Gasteiger partial charge in [0.05, 0.1) is 22.4 Å². The van der Waals surface area contributed by atoms with Gasteiger partial charge in [-0.2, -0.15) is 16.9 Å². The molecule has 2 aromatic heterocycles. The molecule has 3 heterocycles. The van der Waals surface area contributed by atoms with Crippen LogP contribution in [0.25, 0.3) is 10.9 Å². The number of para-hydroxylation sites is 1. The number of aromatic nitrogens is 3. The van der Waals surface area contributed by atoms with Crippen LogP contribution in [0.3, 0.4) is 0 Å². The Hall–Kier alpha value is -1.64. The third kappa shape index (κ3) is 3.14. The molecule has 0 spiro atoms. The highest BCUT2D eigenvalue weighted by atomic mass is 35.5. The van der Waals surface area contributed by atoms with E-state index in [2.05, 4.69) is 21.7 Å². The van der Waals surface area contributed by atoms with Crippen molar-refractivity contribution in [3.63, 3.8) is 0 Å². The van der Waals surface area contributed by atoms with Gasteiger partial charge >= 0.3 is 0 Å². The molecule has 25 heavy (non-hydrogen) atoms. The number of nitrogens with one attached hydrogen (secondary N) is 2. The molecule has 0 amide bonds. The van der Waals surface area contributed by atoms with Gasteiger partial charge in [0.25, 0.3) is 10.0 Å². The molecule has 1 aliphatic heterocycles. The minimum Gasteiger partial charge on any atom is -0.358 e. The number of anilines is 1. The lowest BCUT2D eigenvalue weighted by atomic mass is 9.95. The van der Waals surface area contributed by atoms with Gasteiger partial charge in [0, 0.05) is 41.2 Å². The Labute approximate surface area is 155 Å². The lowest BCUT2D eigenvalue weighted by Crippen LogP contribution is -2.36. The van der Waals surface area contributed by atoms with E-state index in [-0.39, 0.29) is 10.3 Å². The first-order valence-electron chi connectivity index (χ1n) is 7.75. The van der Waals surface area contributed by atoms with Crippen molar-refractivity contribution in [3.05, 3.63) is 41.8 Å². The number of hydrogen-bond donors (Lipinski definition) is 2. The van der Waals surface area contributed by atoms with Gasteiger partial charge in [0.1, 0.15) is 4.90 Å². The molecule has 0 radical (unpaired) electrons. The third-order valence-corrected chi connectivity index (χ3v) is 7.71. The SMILES string of the molecule is CC1(Cn2cc(S(=O)(=O)Nc3cccc4c(Cl)c[nH]c34)cn2)CSC1. The Balaban J connectivity index is 1.60. The molecule has 1 aromatic carbocycles. The number of benzene rings is 1. The van der Waals surface area contributed by atoms with Crippen molar-refractivity contribution in [2.45, 2.75) is 18.4 Å². The van der Waals surface area contributed by atoms with E-state index in [0.29, 0.717) is 16.2 Å². The number of H-pyrrole nitrogens is 1. The van der Waals surface area contributed by atoms with Crippen LogP contribution in [0.4, 0.5) is 5.69 Å². The topological polar surface area (TPSA) is 79.8 Å². The molecule has 4 rings (SSSR count). The summed E-state index contributed by atoms with van der Waals surface area (Å²) in [6, 6.07) is 5.30. The van der Waals surface area contributed by atoms with Crippen molar-refractivity contribution in [2.75, 3.05) is 16.2 Å². The van der Waals surface area contributed by atoms with Crippen LogP contribution in [0.15, 0.2) is 41.7 Å². The predicted octanol–water partition coefficient (Wildman–Crippen LogP) is 3.57. The van der Waals surface area contributed by atoms with Crippen LogP contribution in [0, 0.1) is 5.41 Å². The maximum atomic E-state index is 12.7. The highest BCUT2D eigenvalue weighted by Crippen LogP contribution is 2.38. The fourth-order valence-corrected chi connectivity index (χ4v) is 5.23. The second-order valence-electron chi connectivity index (χ2n) is 6.65. The minimum atomic E-state index is -3.72. The summed E-state index contributed by atoms with van der Waals surface area (Å²) in [5.41, 5.74) is 1.31. The molecule has 1 aliphatic rings. The van der Waals surface area contributed by atoms with Gasteiger partial charge in [-0.25, -0.2) is 8.42 Å². The summed E-state index contributed by atoms with van der Waals surface area (Å²) in [5.74, 6) is 2.14. The van der Waals surface area contributed by atoms with Gasteiger partial charge in [0.2, 0.25) is 0 Å². The number of hydrogen-bond acceptors (Lipinski definition) is 4. The number of thioether (sulfide) groups is 1. The zero-order valence-corrected chi connectivity index (χ0v) is 15.9. The molecule has 1 fully saturated rings. The highest BCUT2D eigenvalue weighted by molar-refractivity contribution is 8.00. The number of aromatic amines is 1. The van der Waals surface area contributed by atoms with Crippen LogP contribution in [-0.4, -0.2) is 34.7 Å². The number of halogens is 1. The van der Waals surface area contributed by atoms with Gasteiger partial charge in [-0.1, -0.05) is 30.7 Å². The van der Waals surface area contributed by atoms with Gasteiger partial charge in [-0.05, 0) is 6.07 Å². The van der Waals surface area contributed by atoms with Crippen LogP contribution in [0.1, 0.15) is 6.92 Å². The largest absolute Gasteiger partial charge is 0.358 e. The minimum absolute atomic E-state index is 0.151. The van der Waals surface area contributed by atoms with Crippen molar-refractivity contribution < 1.29 is 8.42 Å². The molecule has 1 saturated heterocycles. The van der Waals surface area contributed by atoms with E-state index in [1.807, 2.05) is 17.8 Å². The average Bonchev–Trinajstić information content (AvgIpc) is 3.14. The molecule has 0 bridgehead atoms. The molecular weight excluding hydrogens is 380 g/mol. The quantitative estimate of drug-likeness (QED) is 0.690. The Morgan fingerprint density at radius 3 is 2.96 bits per heavy atom. The molecule has 0 atom stereocenters.